The molecule has 1 aromatic heterocycles. The van der Waals surface area contributed by atoms with Crippen LogP contribution >= 0.6 is 23.2 Å². The number of methoxy groups -OCH3 is 1. The zero-order valence-corrected chi connectivity index (χ0v) is 17.4. The van der Waals surface area contributed by atoms with E-state index >= 15 is 0 Å². The number of carbonyl (C=O) groups is 2. The highest BCUT2D eigenvalue weighted by atomic mass is 35.5. The molecular weight excluding hydrogens is 427 g/mol. The van der Waals surface area contributed by atoms with E-state index in [-0.39, 0.29) is 40.0 Å². The van der Waals surface area contributed by atoms with Crippen LogP contribution in [-0.2, 0) is 17.8 Å². The summed E-state index contributed by atoms with van der Waals surface area (Å²) in [5.41, 5.74) is 1.15. The number of carbonyl (C=O) groups excluding carboxylic acids is 2. The summed E-state index contributed by atoms with van der Waals surface area (Å²) < 4.78 is 6.38. The number of imide groups is 1. The molecule has 0 unspecified atom stereocenters. The molecule has 0 atom stereocenters. The van der Waals surface area contributed by atoms with Crippen molar-refractivity contribution in [1.82, 2.24) is 9.47 Å². The van der Waals surface area contributed by atoms with Crippen molar-refractivity contribution in [1.29, 1.82) is 0 Å². The number of halogens is 2. The Hall–Kier alpha value is -3.09. The summed E-state index contributed by atoms with van der Waals surface area (Å²) in [6.45, 7) is 0.118. The van der Waals surface area contributed by atoms with E-state index in [1.807, 2.05) is 0 Å². The number of hydrogen-bond acceptors (Lipinski definition) is 4. The number of hydrogen-bond donors (Lipinski definition) is 0. The SMILES string of the molecule is COc1ccc(CN2C(=O)Cc3c(ccc(=O)n3-c3c(Cl)cccc3Cl)C2=O)cc1. The number of aromatic nitrogens is 1. The average Bonchev–Trinajstić information content (AvgIpc) is 2.73. The molecule has 8 heteroatoms. The molecule has 0 saturated carbocycles. The Morgan fingerprint density at radius 2 is 1.60 bits per heavy atom. The van der Waals surface area contributed by atoms with E-state index < -0.39 is 17.4 Å². The lowest BCUT2D eigenvalue weighted by Gasteiger charge is -2.29. The molecule has 1 aliphatic rings. The first-order chi connectivity index (χ1) is 14.4. The maximum Gasteiger partial charge on any atom is 0.262 e. The number of nitrogens with zero attached hydrogens (tertiary/aromatic N) is 2. The molecule has 152 valence electrons. The molecule has 0 bridgehead atoms. The lowest BCUT2D eigenvalue weighted by Crippen LogP contribution is -2.44. The summed E-state index contributed by atoms with van der Waals surface area (Å²) >= 11 is 12.6. The fraction of sp³-hybridized carbons (Fsp3) is 0.136. The number of rotatable bonds is 4. The van der Waals surface area contributed by atoms with Gasteiger partial charge in [0.15, 0.2) is 0 Å². The average molecular weight is 443 g/mol. The van der Waals surface area contributed by atoms with Gasteiger partial charge in [-0.2, -0.15) is 0 Å². The number of pyridine rings is 1. The van der Waals surface area contributed by atoms with Gasteiger partial charge >= 0.3 is 0 Å². The van der Waals surface area contributed by atoms with Crippen LogP contribution in [0.1, 0.15) is 21.6 Å². The minimum Gasteiger partial charge on any atom is -0.497 e. The van der Waals surface area contributed by atoms with E-state index in [0.29, 0.717) is 5.75 Å². The topological polar surface area (TPSA) is 68.6 Å². The van der Waals surface area contributed by atoms with Gasteiger partial charge in [-0.1, -0.05) is 41.4 Å². The molecule has 0 spiro atoms. The van der Waals surface area contributed by atoms with Crippen molar-refractivity contribution in [3.63, 3.8) is 0 Å². The van der Waals surface area contributed by atoms with Crippen LogP contribution in [0.5, 0.6) is 5.75 Å². The highest BCUT2D eigenvalue weighted by Gasteiger charge is 2.34. The molecule has 0 N–H and O–H groups in total. The van der Waals surface area contributed by atoms with Gasteiger partial charge in [0.1, 0.15) is 5.75 Å². The predicted molar refractivity (Wildman–Crippen MR) is 114 cm³/mol. The van der Waals surface area contributed by atoms with Gasteiger partial charge in [-0.05, 0) is 35.9 Å². The molecule has 0 fully saturated rings. The molecule has 4 rings (SSSR count). The van der Waals surface area contributed by atoms with Gasteiger partial charge in [0.2, 0.25) is 5.91 Å². The van der Waals surface area contributed by atoms with Crippen LogP contribution in [0, 0.1) is 0 Å². The Bertz CT molecular complexity index is 1200. The smallest absolute Gasteiger partial charge is 0.262 e. The predicted octanol–water partition coefficient (Wildman–Crippen LogP) is 3.88. The molecule has 0 saturated heterocycles. The lowest BCUT2D eigenvalue weighted by atomic mass is 10.0. The van der Waals surface area contributed by atoms with Crippen molar-refractivity contribution in [2.45, 2.75) is 13.0 Å². The van der Waals surface area contributed by atoms with Gasteiger partial charge in [0, 0.05) is 11.8 Å². The van der Waals surface area contributed by atoms with E-state index in [1.54, 1.807) is 49.6 Å². The first kappa shape index (κ1) is 20.2. The summed E-state index contributed by atoms with van der Waals surface area (Å²) in [5.74, 6) is -0.208. The van der Waals surface area contributed by atoms with Crippen molar-refractivity contribution in [3.05, 3.63) is 91.8 Å². The van der Waals surface area contributed by atoms with Gasteiger partial charge in [0.25, 0.3) is 11.5 Å². The van der Waals surface area contributed by atoms with Crippen LogP contribution in [-0.4, -0.2) is 28.4 Å². The third-order valence-electron chi connectivity index (χ3n) is 4.95. The highest BCUT2D eigenvalue weighted by Crippen LogP contribution is 2.31. The maximum atomic E-state index is 13.1. The second kappa shape index (κ2) is 7.97. The summed E-state index contributed by atoms with van der Waals surface area (Å²) in [7, 11) is 1.56. The van der Waals surface area contributed by atoms with Gasteiger partial charge in [-0.3, -0.25) is 23.9 Å². The van der Waals surface area contributed by atoms with E-state index in [4.69, 9.17) is 27.9 Å². The highest BCUT2D eigenvalue weighted by molar-refractivity contribution is 6.37. The number of para-hydroxylation sites is 1. The van der Waals surface area contributed by atoms with Crippen molar-refractivity contribution in [2.24, 2.45) is 0 Å². The summed E-state index contributed by atoms with van der Waals surface area (Å²) in [5, 5.41) is 0.497. The van der Waals surface area contributed by atoms with Crippen LogP contribution in [0.4, 0.5) is 0 Å². The van der Waals surface area contributed by atoms with Crippen LogP contribution in [0.25, 0.3) is 5.69 Å². The second-order valence-electron chi connectivity index (χ2n) is 6.75. The summed E-state index contributed by atoms with van der Waals surface area (Å²) in [4.78, 5) is 39.8. The van der Waals surface area contributed by atoms with Crippen LogP contribution in [0.2, 0.25) is 10.0 Å². The van der Waals surface area contributed by atoms with Crippen molar-refractivity contribution in [2.75, 3.05) is 7.11 Å². The normalized spacial score (nSPS) is 13.4. The minimum absolute atomic E-state index is 0.118. The lowest BCUT2D eigenvalue weighted by molar-refractivity contribution is -0.129. The van der Waals surface area contributed by atoms with Crippen LogP contribution < -0.4 is 10.3 Å². The van der Waals surface area contributed by atoms with Gasteiger partial charge < -0.3 is 4.74 Å². The molecule has 3 aromatic rings. The van der Waals surface area contributed by atoms with Crippen molar-refractivity contribution < 1.29 is 14.3 Å². The number of benzene rings is 2. The number of amides is 2. The van der Waals surface area contributed by atoms with E-state index in [0.717, 1.165) is 5.56 Å². The Balaban J connectivity index is 1.77. The Morgan fingerprint density at radius 1 is 0.933 bits per heavy atom. The van der Waals surface area contributed by atoms with E-state index in [1.165, 1.54) is 21.6 Å². The first-order valence-corrected chi connectivity index (χ1v) is 9.83. The van der Waals surface area contributed by atoms with E-state index in [2.05, 4.69) is 0 Å². The molecular formula is C22H16Cl2N2O4. The molecule has 6 nitrogen and oxygen atoms in total. The summed E-state index contributed by atoms with van der Waals surface area (Å²) in [6.07, 6.45) is -0.130. The first-order valence-electron chi connectivity index (χ1n) is 9.07. The second-order valence-corrected chi connectivity index (χ2v) is 7.56. The van der Waals surface area contributed by atoms with Gasteiger partial charge in [-0.25, -0.2) is 0 Å². The Morgan fingerprint density at radius 3 is 2.23 bits per heavy atom. The fourth-order valence-electron chi connectivity index (χ4n) is 3.47. The monoisotopic (exact) mass is 442 g/mol. The number of ether oxygens (including phenoxy) is 1. The minimum atomic E-state index is -0.478. The molecule has 2 aromatic carbocycles. The Kier molecular flexibility index (Phi) is 5.37. The third-order valence-corrected chi connectivity index (χ3v) is 5.56. The largest absolute Gasteiger partial charge is 0.497 e. The van der Waals surface area contributed by atoms with Gasteiger partial charge in [-0.15, -0.1) is 0 Å². The third kappa shape index (κ3) is 3.49. The van der Waals surface area contributed by atoms with Crippen molar-refractivity contribution >= 4 is 35.0 Å². The standard InChI is InChI=1S/C22H16Cl2N2O4/c1-30-14-7-5-13(6-8-14)12-25-20(28)11-18-15(22(25)29)9-10-19(27)26(18)21-16(23)3-2-4-17(21)24/h2-10H,11-12H2,1H3. The van der Waals surface area contributed by atoms with Crippen LogP contribution in [0.3, 0.4) is 0 Å². The number of fused-ring (bicyclic) bond motifs is 1. The molecule has 2 amide bonds. The molecule has 0 aliphatic carbocycles. The summed E-state index contributed by atoms with van der Waals surface area (Å²) in [6, 6.07) is 14.7. The van der Waals surface area contributed by atoms with E-state index in [9.17, 15) is 14.4 Å². The molecule has 30 heavy (non-hydrogen) atoms. The molecule has 0 radical (unpaired) electrons. The molecule has 2 heterocycles. The maximum absolute atomic E-state index is 13.1. The Labute approximate surface area is 182 Å². The quantitative estimate of drug-likeness (QED) is 0.574. The van der Waals surface area contributed by atoms with Crippen LogP contribution in [0.15, 0.2) is 59.4 Å². The fourth-order valence-corrected chi connectivity index (χ4v) is 4.03. The zero-order valence-electron chi connectivity index (χ0n) is 15.9. The van der Waals surface area contributed by atoms with Gasteiger partial charge in [0.05, 0.1) is 41.4 Å². The van der Waals surface area contributed by atoms with Crippen molar-refractivity contribution in [3.8, 4) is 11.4 Å². The zero-order chi connectivity index (χ0) is 21.4. The molecule has 1 aliphatic heterocycles.